The van der Waals surface area contributed by atoms with Gasteiger partial charge in [0.1, 0.15) is 11.3 Å². The Morgan fingerprint density at radius 1 is 1.26 bits per heavy atom. The van der Waals surface area contributed by atoms with Crippen LogP contribution in [0.25, 0.3) is 10.2 Å². The zero-order valence-electron chi connectivity index (χ0n) is 20.0. The molecule has 0 aliphatic carbocycles. The van der Waals surface area contributed by atoms with Crippen LogP contribution in [0.4, 0.5) is 10.8 Å². The Kier molecular flexibility index (Phi) is 8.24. The van der Waals surface area contributed by atoms with Crippen molar-refractivity contribution < 1.29 is 23.8 Å². The average molecular weight is 500 g/mol. The number of ether oxygens (including phenoxy) is 3. The average Bonchev–Trinajstić information content (AvgIpc) is 3.30. The molecule has 186 valence electrons. The number of rotatable bonds is 10. The van der Waals surface area contributed by atoms with Gasteiger partial charge in [0.2, 0.25) is 0 Å². The van der Waals surface area contributed by atoms with Crippen LogP contribution in [0.5, 0.6) is 5.75 Å². The number of aromatic nitrogens is 2. The molecule has 0 spiro atoms. The summed E-state index contributed by atoms with van der Waals surface area (Å²) in [7, 11) is 1.61. The first-order valence-corrected chi connectivity index (χ1v) is 12.2. The number of thiazole rings is 1. The number of morpholine rings is 1. The van der Waals surface area contributed by atoms with Gasteiger partial charge in [0.05, 0.1) is 36.4 Å². The van der Waals surface area contributed by atoms with E-state index in [2.05, 4.69) is 25.5 Å². The van der Waals surface area contributed by atoms with Crippen LogP contribution >= 0.6 is 11.3 Å². The molecule has 11 heteroatoms. The van der Waals surface area contributed by atoms with Crippen LogP contribution in [-0.4, -0.2) is 67.9 Å². The number of carbonyl (C=O) groups excluding carboxylic acids is 2. The molecule has 1 amide bonds. The largest absolute Gasteiger partial charge is 0.494 e. The second-order valence-corrected chi connectivity index (χ2v) is 8.90. The highest BCUT2D eigenvalue weighted by molar-refractivity contribution is 7.23. The third kappa shape index (κ3) is 5.93. The lowest BCUT2D eigenvalue weighted by Crippen LogP contribution is -2.37. The van der Waals surface area contributed by atoms with Crippen LogP contribution in [0.15, 0.2) is 30.5 Å². The number of hydrogen-bond acceptors (Lipinski definition) is 10. The monoisotopic (exact) mass is 499 g/mol. The van der Waals surface area contributed by atoms with Crippen molar-refractivity contribution in [3.8, 4) is 5.75 Å². The quantitative estimate of drug-likeness (QED) is 0.406. The topological polar surface area (TPSA) is 115 Å². The van der Waals surface area contributed by atoms with E-state index in [0.29, 0.717) is 47.5 Å². The first-order valence-electron chi connectivity index (χ1n) is 11.4. The molecule has 1 aromatic carbocycles. The highest BCUT2D eigenvalue weighted by atomic mass is 32.1. The smallest absolute Gasteiger partial charge is 0.257 e. The minimum atomic E-state index is -0.710. The van der Waals surface area contributed by atoms with E-state index < -0.39 is 6.23 Å². The number of Topliss-reactive ketones (excluding diaryl/α,β-unsaturated/α-hetero) is 1. The minimum Gasteiger partial charge on any atom is -0.494 e. The van der Waals surface area contributed by atoms with E-state index in [4.69, 9.17) is 14.2 Å². The fourth-order valence-electron chi connectivity index (χ4n) is 3.81. The van der Waals surface area contributed by atoms with Gasteiger partial charge in [-0.1, -0.05) is 11.3 Å². The van der Waals surface area contributed by atoms with Crippen molar-refractivity contribution in [2.24, 2.45) is 0 Å². The van der Waals surface area contributed by atoms with Crippen molar-refractivity contribution in [2.75, 3.05) is 50.2 Å². The van der Waals surface area contributed by atoms with E-state index in [0.717, 1.165) is 23.5 Å². The number of fused-ring (bicyclic) bond motifs is 1. The van der Waals surface area contributed by atoms with Crippen molar-refractivity contribution in [3.05, 3.63) is 41.7 Å². The molecule has 1 atom stereocenters. The van der Waals surface area contributed by atoms with E-state index in [1.165, 1.54) is 18.3 Å². The van der Waals surface area contributed by atoms with Crippen molar-refractivity contribution in [3.63, 3.8) is 0 Å². The van der Waals surface area contributed by atoms with Crippen molar-refractivity contribution in [1.82, 2.24) is 15.3 Å². The number of nitrogens with zero attached hydrogens (tertiary/aromatic N) is 3. The van der Waals surface area contributed by atoms with Gasteiger partial charge in [0.15, 0.2) is 17.1 Å². The number of amides is 1. The van der Waals surface area contributed by atoms with E-state index >= 15 is 0 Å². The van der Waals surface area contributed by atoms with Gasteiger partial charge in [-0.15, -0.1) is 0 Å². The molecule has 3 heterocycles. The van der Waals surface area contributed by atoms with E-state index in [9.17, 15) is 9.59 Å². The molecule has 10 nitrogen and oxygen atoms in total. The molecule has 35 heavy (non-hydrogen) atoms. The van der Waals surface area contributed by atoms with Gasteiger partial charge in [-0.2, -0.15) is 0 Å². The number of ketones is 1. The Morgan fingerprint density at radius 2 is 2.06 bits per heavy atom. The van der Waals surface area contributed by atoms with Gasteiger partial charge in [-0.3, -0.25) is 25.2 Å². The standard InChI is InChI=1S/C24H29N5O5S/c1-4-34-23(15(2)30)26-14-17-13-16(7-8-25-17)22(31)28-24-27-20-19(32-3)6-5-18(21(20)35-24)29-9-11-33-12-10-29/h5-8,13,23,26H,4,9-12,14H2,1-3H3,(H,27,28,31). The van der Waals surface area contributed by atoms with Gasteiger partial charge >= 0.3 is 0 Å². The predicted octanol–water partition coefficient (Wildman–Crippen LogP) is 2.83. The number of pyridine rings is 1. The molecule has 1 unspecified atom stereocenters. The number of carbonyl (C=O) groups is 2. The number of anilines is 2. The number of benzene rings is 1. The molecule has 0 radical (unpaired) electrons. The summed E-state index contributed by atoms with van der Waals surface area (Å²) in [5, 5.41) is 6.40. The maximum atomic E-state index is 13.0. The fraction of sp³-hybridized carbons (Fsp3) is 0.417. The molecule has 0 saturated carbocycles. The highest BCUT2D eigenvalue weighted by Gasteiger charge is 2.20. The molecule has 2 N–H and O–H groups in total. The Morgan fingerprint density at radius 3 is 2.77 bits per heavy atom. The van der Waals surface area contributed by atoms with Gasteiger partial charge in [0, 0.05) is 38.0 Å². The Bertz CT molecular complexity index is 1190. The summed E-state index contributed by atoms with van der Waals surface area (Å²) in [6, 6.07) is 7.24. The van der Waals surface area contributed by atoms with Crippen molar-refractivity contribution in [2.45, 2.75) is 26.6 Å². The minimum absolute atomic E-state index is 0.122. The third-order valence-electron chi connectivity index (χ3n) is 5.53. The lowest BCUT2D eigenvalue weighted by Gasteiger charge is -2.29. The molecule has 3 aromatic rings. The molecule has 1 aliphatic heterocycles. The Labute approximate surface area is 207 Å². The zero-order valence-corrected chi connectivity index (χ0v) is 20.8. The van der Waals surface area contributed by atoms with E-state index in [1.54, 1.807) is 25.4 Å². The lowest BCUT2D eigenvalue weighted by molar-refractivity contribution is -0.130. The lowest BCUT2D eigenvalue weighted by atomic mass is 10.2. The number of hydrogen-bond donors (Lipinski definition) is 2. The maximum absolute atomic E-state index is 13.0. The number of methoxy groups -OCH3 is 1. The Balaban J connectivity index is 1.51. The SMILES string of the molecule is CCOC(NCc1cc(C(=O)Nc2nc3c(OC)ccc(N4CCOCC4)c3s2)ccn1)C(C)=O. The van der Waals surface area contributed by atoms with E-state index in [-0.39, 0.29) is 18.2 Å². The van der Waals surface area contributed by atoms with Crippen molar-refractivity contribution >= 4 is 44.1 Å². The molecule has 4 rings (SSSR count). The summed E-state index contributed by atoms with van der Waals surface area (Å²) in [5.41, 5.74) is 2.81. The first-order chi connectivity index (χ1) is 17.0. The van der Waals surface area contributed by atoms with Gasteiger partial charge < -0.3 is 19.1 Å². The maximum Gasteiger partial charge on any atom is 0.257 e. The van der Waals surface area contributed by atoms with Crippen LogP contribution in [0, 0.1) is 0 Å². The van der Waals surface area contributed by atoms with E-state index in [1.807, 2.05) is 19.1 Å². The van der Waals surface area contributed by atoms with Crippen LogP contribution in [0.2, 0.25) is 0 Å². The summed E-state index contributed by atoms with van der Waals surface area (Å²) in [5.74, 6) is 0.233. The highest BCUT2D eigenvalue weighted by Crippen LogP contribution is 2.39. The Hall–Kier alpha value is -3.12. The normalized spacial score (nSPS) is 14.7. The zero-order chi connectivity index (χ0) is 24.8. The summed E-state index contributed by atoms with van der Waals surface area (Å²) < 4.78 is 17.3. The molecule has 0 bridgehead atoms. The van der Waals surface area contributed by atoms with Crippen LogP contribution < -0.4 is 20.3 Å². The second kappa shape index (κ2) is 11.5. The first kappa shape index (κ1) is 25.0. The molecule has 2 aromatic heterocycles. The summed E-state index contributed by atoms with van der Waals surface area (Å²) in [6.07, 6.45) is 0.852. The molecule has 1 saturated heterocycles. The summed E-state index contributed by atoms with van der Waals surface area (Å²) >= 11 is 1.41. The van der Waals surface area contributed by atoms with Gasteiger partial charge in [-0.25, -0.2) is 4.98 Å². The van der Waals surface area contributed by atoms with Crippen LogP contribution in [-0.2, 0) is 20.8 Å². The second-order valence-electron chi connectivity index (χ2n) is 7.90. The van der Waals surface area contributed by atoms with Crippen molar-refractivity contribution in [1.29, 1.82) is 0 Å². The molecule has 1 aliphatic rings. The fourth-order valence-corrected chi connectivity index (χ4v) is 4.83. The molecular formula is C24H29N5O5S. The van der Waals surface area contributed by atoms with Gasteiger partial charge in [0.25, 0.3) is 5.91 Å². The predicted molar refractivity (Wildman–Crippen MR) is 134 cm³/mol. The third-order valence-corrected chi connectivity index (χ3v) is 6.52. The number of nitrogens with one attached hydrogen (secondary N) is 2. The van der Waals surface area contributed by atoms with Crippen LogP contribution in [0.1, 0.15) is 29.9 Å². The van der Waals surface area contributed by atoms with Gasteiger partial charge in [-0.05, 0) is 38.1 Å². The molecule has 1 fully saturated rings. The van der Waals surface area contributed by atoms with Crippen LogP contribution in [0.3, 0.4) is 0 Å². The summed E-state index contributed by atoms with van der Waals surface area (Å²) in [4.78, 5) is 35.9. The molecular weight excluding hydrogens is 470 g/mol. The summed E-state index contributed by atoms with van der Waals surface area (Å²) in [6.45, 7) is 6.91.